The lowest BCUT2D eigenvalue weighted by atomic mass is 10.0. The van der Waals surface area contributed by atoms with Gasteiger partial charge in [-0.2, -0.15) is 0 Å². The van der Waals surface area contributed by atoms with E-state index in [-0.39, 0.29) is 32.2 Å². The third-order valence-corrected chi connectivity index (χ3v) is 2.96. The normalized spacial score (nSPS) is 12.2. The van der Waals surface area contributed by atoms with Crippen LogP contribution in [0.2, 0.25) is 0 Å². The molecule has 5 nitrogen and oxygen atoms in total. The smallest absolute Gasteiger partial charge is 0.239 e. The first-order valence-electron chi connectivity index (χ1n) is 6.49. The van der Waals surface area contributed by atoms with E-state index in [1.54, 1.807) is 0 Å². The molecule has 5 heteroatoms. The van der Waals surface area contributed by atoms with Gasteiger partial charge in [0.1, 0.15) is 0 Å². The van der Waals surface area contributed by atoms with Crippen LogP contribution in [0.4, 0.5) is 0 Å². The highest BCUT2D eigenvalue weighted by molar-refractivity contribution is 5.81. The molecule has 19 heavy (non-hydrogen) atoms. The van der Waals surface area contributed by atoms with E-state index in [9.17, 15) is 4.79 Å². The highest BCUT2D eigenvalue weighted by Gasteiger charge is 2.19. The first kappa shape index (κ1) is 15.6. The summed E-state index contributed by atoms with van der Waals surface area (Å²) in [6.07, 6.45) is 1.29. The molecule has 0 bridgehead atoms. The minimum absolute atomic E-state index is 0.128. The molecular weight excluding hydrogens is 244 g/mol. The van der Waals surface area contributed by atoms with Crippen LogP contribution in [-0.4, -0.2) is 53.4 Å². The molecule has 1 rings (SSSR count). The summed E-state index contributed by atoms with van der Waals surface area (Å²) in [6, 6.07) is 9.24. The molecule has 1 unspecified atom stereocenters. The third-order valence-electron chi connectivity index (χ3n) is 2.96. The number of rotatable bonds is 8. The minimum Gasteiger partial charge on any atom is -0.395 e. The molecule has 0 spiro atoms. The van der Waals surface area contributed by atoms with Crippen LogP contribution in [0.25, 0.3) is 0 Å². The van der Waals surface area contributed by atoms with Gasteiger partial charge in [-0.1, -0.05) is 30.3 Å². The first-order chi connectivity index (χ1) is 9.19. The average Bonchev–Trinajstić information content (AvgIpc) is 2.45. The molecule has 1 aromatic carbocycles. The molecule has 0 saturated heterocycles. The highest BCUT2D eigenvalue weighted by Crippen LogP contribution is 2.06. The van der Waals surface area contributed by atoms with Crippen LogP contribution < -0.4 is 5.73 Å². The van der Waals surface area contributed by atoms with Gasteiger partial charge in [0.05, 0.1) is 19.3 Å². The molecule has 0 radical (unpaired) electrons. The van der Waals surface area contributed by atoms with Crippen LogP contribution in [0.5, 0.6) is 0 Å². The van der Waals surface area contributed by atoms with Crippen LogP contribution in [0.1, 0.15) is 12.0 Å². The Labute approximate surface area is 113 Å². The van der Waals surface area contributed by atoms with E-state index in [1.165, 1.54) is 4.90 Å². The summed E-state index contributed by atoms with van der Waals surface area (Å²) in [5.41, 5.74) is 7.01. The van der Waals surface area contributed by atoms with Gasteiger partial charge < -0.3 is 20.8 Å². The number of amides is 1. The summed E-state index contributed by atoms with van der Waals surface area (Å²) in [5.74, 6) is -0.223. The Hall–Kier alpha value is -1.43. The van der Waals surface area contributed by atoms with Crippen LogP contribution in [-0.2, 0) is 11.2 Å². The second-order valence-electron chi connectivity index (χ2n) is 4.40. The quantitative estimate of drug-likeness (QED) is 0.606. The zero-order chi connectivity index (χ0) is 14.1. The minimum atomic E-state index is -0.599. The fraction of sp³-hybridized carbons (Fsp3) is 0.500. The predicted molar refractivity (Wildman–Crippen MR) is 73.5 cm³/mol. The fourth-order valence-electron chi connectivity index (χ4n) is 1.90. The van der Waals surface area contributed by atoms with Crippen LogP contribution in [0.15, 0.2) is 30.3 Å². The zero-order valence-corrected chi connectivity index (χ0v) is 11.0. The number of aliphatic hydroxyl groups excluding tert-OH is 2. The lowest BCUT2D eigenvalue weighted by Crippen LogP contribution is -2.46. The van der Waals surface area contributed by atoms with Gasteiger partial charge in [0.15, 0.2) is 0 Å². The van der Waals surface area contributed by atoms with Gasteiger partial charge in [-0.25, -0.2) is 0 Å². The van der Waals surface area contributed by atoms with Gasteiger partial charge in [-0.3, -0.25) is 4.79 Å². The van der Waals surface area contributed by atoms with Gasteiger partial charge in [0, 0.05) is 13.1 Å². The molecule has 4 N–H and O–H groups in total. The lowest BCUT2D eigenvalue weighted by molar-refractivity contribution is -0.133. The molecule has 1 aromatic rings. The van der Waals surface area contributed by atoms with Gasteiger partial charge >= 0.3 is 0 Å². The van der Waals surface area contributed by atoms with Crippen molar-refractivity contribution < 1.29 is 15.0 Å². The SMILES string of the molecule is NC(CCc1ccccc1)C(=O)N(CCO)CCO. The van der Waals surface area contributed by atoms with Crippen molar-refractivity contribution in [3.05, 3.63) is 35.9 Å². The zero-order valence-electron chi connectivity index (χ0n) is 11.0. The molecule has 0 aliphatic carbocycles. The molecule has 0 aromatic heterocycles. The van der Waals surface area contributed by atoms with Crippen molar-refractivity contribution >= 4 is 5.91 Å². The summed E-state index contributed by atoms with van der Waals surface area (Å²) in [6.45, 7) is 0.158. The van der Waals surface area contributed by atoms with E-state index < -0.39 is 6.04 Å². The topological polar surface area (TPSA) is 86.8 Å². The fourth-order valence-corrected chi connectivity index (χ4v) is 1.90. The van der Waals surface area contributed by atoms with Crippen molar-refractivity contribution in [1.29, 1.82) is 0 Å². The summed E-state index contributed by atoms with van der Waals surface area (Å²) in [7, 11) is 0. The number of carbonyl (C=O) groups excluding carboxylic acids is 1. The molecule has 106 valence electrons. The average molecular weight is 266 g/mol. The predicted octanol–water partition coefficient (Wildman–Crippen LogP) is -0.240. The molecule has 0 aliphatic heterocycles. The van der Waals surface area contributed by atoms with Gasteiger partial charge in [0.25, 0.3) is 0 Å². The molecular formula is C14H22N2O3. The Morgan fingerprint density at radius 1 is 1.16 bits per heavy atom. The second kappa shape index (κ2) is 8.63. The highest BCUT2D eigenvalue weighted by atomic mass is 16.3. The molecule has 0 heterocycles. The number of aliphatic hydroxyl groups is 2. The Morgan fingerprint density at radius 2 is 1.74 bits per heavy atom. The van der Waals surface area contributed by atoms with Crippen molar-refractivity contribution in [1.82, 2.24) is 4.90 Å². The number of hydrogen-bond acceptors (Lipinski definition) is 4. The van der Waals surface area contributed by atoms with Crippen LogP contribution in [0.3, 0.4) is 0 Å². The number of carbonyl (C=O) groups is 1. The van der Waals surface area contributed by atoms with E-state index in [4.69, 9.17) is 15.9 Å². The number of nitrogens with zero attached hydrogens (tertiary/aromatic N) is 1. The monoisotopic (exact) mass is 266 g/mol. The summed E-state index contributed by atoms with van der Waals surface area (Å²) >= 11 is 0. The maximum Gasteiger partial charge on any atom is 0.239 e. The van der Waals surface area contributed by atoms with Crippen molar-refractivity contribution in [2.75, 3.05) is 26.3 Å². The number of nitrogens with two attached hydrogens (primary N) is 1. The Kier molecular flexibility index (Phi) is 7.10. The number of aryl methyl sites for hydroxylation is 1. The summed E-state index contributed by atoms with van der Waals surface area (Å²) < 4.78 is 0. The van der Waals surface area contributed by atoms with E-state index >= 15 is 0 Å². The van der Waals surface area contributed by atoms with Crippen molar-refractivity contribution in [3.63, 3.8) is 0 Å². The van der Waals surface area contributed by atoms with Gasteiger partial charge in [-0.15, -0.1) is 0 Å². The van der Waals surface area contributed by atoms with E-state index in [1.807, 2.05) is 30.3 Å². The van der Waals surface area contributed by atoms with Crippen molar-refractivity contribution in [2.45, 2.75) is 18.9 Å². The molecule has 0 aliphatic rings. The van der Waals surface area contributed by atoms with Gasteiger partial charge in [0.2, 0.25) is 5.91 Å². The molecule has 0 fully saturated rings. The molecule has 0 saturated carbocycles. The first-order valence-corrected chi connectivity index (χ1v) is 6.49. The number of hydrogen-bond donors (Lipinski definition) is 3. The molecule has 1 atom stereocenters. The molecule has 1 amide bonds. The largest absolute Gasteiger partial charge is 0.395 e. The maximum atomic E-state index is 12.0. The Balaban J connectivity index is 2.46. The Bertz CT molecular complexity index is 364. The van der Waals surface area contributed by atoms with Crippen LogP contribution in [0, 0.1) is 0 Å². The van der Waals surface area contributed by atoms with E-state index in [0.29, 0.717) is 6.42 Å². The number of benzene rings is 1. The van der Waals surface area contributed by atoms with Crippen LogP contribution >= 0.6 is 0 Å². The Morgan fingerprint density at radius 3 is 2.26 bits per heavy atom. The van der Waals surface area contributed by atoms with E-state index in [2.05, 4.69) is 0 Å². The van der Waals surface area contributed by atoms with Gasteiger partial charge in [-0.05, 0) is 18.4 Å². The maximum absolute atomic E-state index is 12.0. The van der Waals surface area contributed by atoms with Crippen molar-refractivity contribution in [2.24, 2.45) is 5.73 Å². The second-order valence-corrected chi connectivity index (χ2v) is 4.40. The standard InChI is InChI=1S/C14H22N2O3/c15-13(7-6-12-4-2-1-3-5-12)14(19)16(8-10-17)9-11-18/h1-5,13,17-18H,6-11,15H2. The van der Waals surface area contributed by atoms with Crippen molar-refractivity contribution in [3.8, 4) is 0 Å². The summed E-state index contributed by atoms with van der Waals surface area (Å²) in [4.78, 5) is 13.4. The van der Waals surface area contributed by atoms with E-state index in [0.717, 1.165) is 12.0 Å². The lowest BCUT2D eigenvalue weighted by Gasteiger charge is -2.24. The third kappa shape index (κ3) is 5.38. The summed E-state index contributed by atoms with van der Waals surface area (Å²) in [5, 5.41) is 17.8.